The van der Waals surface area contributed by atoms with E-state index >= 15 is 0 Å². The highest BCUT2D eigenvalue weighted by Crippen LogP contribution is 2.39. The summed E-state index contributed by atoms with van der Waals surface area (Å²) in [4.78, 5) is 6.46. The topological polar surface area (TPSA) is 21.1 Å². The fraction of sp³-hybridized carbons (Fsp3) is 0. The first-order chi connectivity index (χ1) is 21.8. The van der Waals surface area contributed by atoms with Crippen LogP contribution in [0.1, 0.15) is 0 Å². The molecule has 0 saturated heterocycles. The molecule has 6 aromatic carbocycles. The fourth-order valence-corrected chi connectivity index (χ4v) is 6.18. The summed E-state index contributed by atoms with van der Waals surface area (Å²) in [7, 11) is 0. The lowest BCUT2D eigenvalue weighted by Crippen LogP contribution is -2.09. The molecule has 8 aromatic rings. The molecule has 2 heterocycles. The molecule has 0 aliphatic heterocycles. The number of para-hydroxylation sites is 3. The van der Waals surface area contributed by atoms with Crippen LogP contribution in [0.2, 0.25) is 0 Å². The molecular weight excluding hydrogens is 534 g/mol. The first-order valence-electron chi connectivity index (χ1n) is 14.9. The van der Waals surface area contributed by atoms with Crippen LogP contribution in [-0.2, 0) is 0 Å². The van der Waals surface area contributed by atoms with Gasteiger partial charge in [-0.25, -0.2) is 0 Å². The molecule has 0 radical (unpaired) electrons. The Kier molecular flexibility index (Phi) is 6.47. The Bertz CT molecular complexity index is 2140. The van der Waals surface area contributed by atoms with Gasteiger partial charge in [0, 0.05) is 45.9 Å². The van der Waals surface area contributed by atoms with Gasteiger partial charge in [-0.15, -0.1) is 0 Å². The fourth-order valence-electron chi connectivity index (χ4n) is 6.18. The van der Waals surface area contributed by atoms with Crippen LogP contribution in [0.5, 0.6) is 0 Å². The zero-order valence-corrected chi connectivity index (χ0v) is 24.1. The van der Waals surface area contributed by atoms with Gasteiger partial charge in [0.2, 0.25) is 0 Å². The molecule has 0 amide bonds. The summed E-state index contributed by atoms with van der Waals surface area (Å²) < 4.78 is 2.38. The van der Waals surface area contributed by atoms with Gasteiger partial charge in [0.1, 0.15) is 0 Å². The molecule has 0 saturated carbocycles. The molecule has 3 nitrogen and oxygen atoms in total. The first kappa shape index (κ1) is 25.8. The van der Waals surface area contributed by atoms with Crippen molar-refractivity contribution >= 4 is 38.9 Å². The van der Waals surface area contributed by atoms with Gasteiger partial charge in [-0.1, -0.05) is 91.0 Å². The first-order valence-corrected chi connectivity index (χ1v) is 14.9. The number of fused-ring (bicyclic) bond motifs is 3. The number of rotatable bonds is 6. The van der Waals surface area contributed by atoms with Crippen LogP contribution in [0.4, 0.5) is 17.1 Å². The van der Waals surface area contributed by atoms with Crippen molar-refractivity contribution in [1.29, 1.82) is 0 Å². The van der Waals surface area contributed by atoms with Gasteiger partial charge in [0.15, 0.2) is 0 Å². The molecule has 0 unspecified atom stereocenters. The minimum Gasteiger partial charge on any atom is -0.310 e. The van der Waals surface area contributed by atoms with E-state index in [4.69, 9.17) is 0 Å². The Balaban J connectivity index is 1.20. The molecule has 0 N–H and O–H groups in total. The van der Waals surface area contributed by atoms with Gasteiger partial charge in [-0.2, -0.15) is 0 Å². The van der Waals surface area contributed by atoms with Crippen LogP contribution in [0, 0.1) is 0 Å². The molecule has 0 fully saturated rings. The van der Waals surface area contributed by atoms with E-state index in [0.717, 1.165) is 22.7 Å². The van der Waals surface area contributed by atoms with E-state index in [1.54, 1.807) is 0 Å². The summed E-state index contributed by atoms with van der Waals surface area (Å²) in [5, 5.41) is 2.46. The number of anilines is 3. The number of pyridine rings is 1. The van der Waals surface area contributed by atoms with Gasteiger partial charge in [0.05, 0.1) is 11.0 Å². The van der Waals surface area contributed by atoms with Crippen LogP contribution in [0.25, 0.3) is 49.7 Å². The van der Waals surface area contributed by atoms with Gasteiger partial charge in [0.25, 0.3) is 0 Å². The van der Waals surface area contributed by atoms with Crippen LogP contribution >= 0.6 is 0 Å². The second kappa shape index (κ2) is 11.0. The predicted molar refractivity (Wildman–Crippen MR) is 184 cm³/mol. The van der Waals surface area contributed by atoms with Gasteiger partial charge >= 0.3 is 0 Å². The zero-order chi connectivity index (χ0) is 29.3. The quantitative estimate of drug-likeness (QED) is 0.201. The number of nitrogens with zero attached hydrogens (tertiary/aromatic N) is 3. The maximum Gasteiger partial charge on any atom is 0.0542 e. The van der Waals surface area contributed by atoms with Crippen molar-refractivity contribution < 1.29 is 0 Å². The summed E-state index contributed by atoms with van der Waals surface area (Å²) in [6.45, 7) is 0. The Morgan fingerprint density at radius 2 is 0.886 bits per heavy atom. The lowest BCUT2D eigenvalue weighted by molar-refractivity contribution is 1.18. The van der Waals surface area contributed by atoms with E-state index in [1.165, 1.54) is 44.1 Å². The summed E-state index contributed by atoms with van der Waals surface area (Å²) in [5.74, 6) is 0. The number of hydrogen-bond acceptors (Lipinski definition) is 2. The van der Waals surface area contributed by atoms with E-state index in [2.05, 4.69) is 166 Å². The highest BCUT2D eigenvalue weighted by atomic mass is 15.1. The van der Waals surface area contributed by atoms with Gasteiger partial charge in [-0.3, -0.25) is 4.98 Å². The van der Waals surface area contributed by atoms with Crippen LogP contribution in [-0.4, -0.2) is 9.55 Å². The molecule has 0 aliphatic carbocycles. The van der Waals surface area contributed by atoms with Crippen molar-refractivity contribution in [3.8, 4) is 27.9 Å². The second-order valence-electron chi connectivity index (χ2n) is 10.9. The third kappa shape index (κ3) is 4.61. The maximum atomic E-state index is 4.14. The molecule has 208 valence electrons. The van der Waals surface area contributed by atoms with Gasteiger partial charge < -0.3 is 9.47 Å². The van der Waals surface area contributed by atoms with Crippen LogP contribution in [0.3, 0.4) is 0 Å². The van der Waals surface area contributed by atoms with Crippen molar-refractivity contribution in [2.45, 2.75) is 0 Å². The smallest absolute Gasteiger partial charge is 0.0542 e. The average molecular weight is 564 g/mol. The molecule has 3 heteroatoms. The molecule has 0 aliphatic rings. The molecule has 44 heavy (non-hydrogen) atoms. The van der Waals surface area contributed by atoms with Crippen molar-refractivity contribution in [3.63, 3.8) is 0 Å². The monoisotopic (exact) mass is 563 g/mol. The summed E-state index contributed by atoms with van der Waals surface area (Å²) in [6.07, 6.45) is 3.67. The van der Waals surface area contributed by atoms with Crippen molar-refractivity contribution in [2.75, 3.05) is 4.90 Å². The minimum atomic E-state index is 1.13. The summed E-state index contributed by atoms with van der Waals surface area (Å²) >= 11 is 0. The van der Waals surface area contributed by atoms with Crippen LogP contribution in [0.15, 0.2) is 176 Å². The third-order valence-corrected chi connectivity index (χ3v) is 8.30. The zero-order valence-electron chi connectivity index (χ0n) is 24.1. The Morgan fingerprint density at radius 1 is 0.386 bits per heavy atom. The lowest BCUT2D eigenvalue weighted by atomic mass is 10.0. The molecule has 0 atom stereocenters. The number of hydrogen-bond donors (Lipinski definition) is 0. The van der Waals surface area contributed by atoms with E-state index in [9.17, 15) is 0 Å². The van der Waals surface area contributed by atoms with Gasteiger partial charge in [-0.05, 0) is 95.1 Å². The Hall–Kier alpha value is -5.93. The largest absolute Gasteiger partial charge is 0.310 e. The molecule has 0 spiro atoms. The number of aromatic nitrogens is 2. The Morgan fingerprint density at radius 3 is 1.50 bits per heavy atom. The van der Waals surface area contributed by atoms with Crippen molar-refractivity contribution in [2.24, 2.45) is 0 Å². The van der Waals surface area contributed by atoms with E-state index in [0.29, 0.717) is 0 Å². The number of benzene rings is 6. The summed E-state index contributed by atoms with van der Waals surface area (Å²) in [6, 6.07) is 58.4. The van der Waals surface area contributed by atoms with E-state index in [-0.39, 0.29) is 0 Å². The molecule has 8 rings (SSSR count). The van der Waals surface area contributed by atoms with Crippen molar-refractivity contribution in [3.05, 3.63) is 176 Å². The molecular formula is C41H29N3. The second-order valence-corrected chi connectivity index (χ2v) is 10.9. The highest BCUT2D eigenvalue weighted by molar-refractivity contribution is 6.10. The Labute approximate surface area is 256 Å². The minimum absolute atomic E-state index is 1.13. The maximum absolute atomic E-state index is 4.14. The normalized spacial score (nSPS) is 11.2. The van der Waals surface area contributed by atoms with Crippen LogP contribution < -0.4 is 4.90 Å². The molecule has 0 bridgehead atoms. The SMILES string of the molecule is c1ccc(N(c2ccccc2)c2ccc3c(c2)c2ccccc2n3-c2ccc(-c3ccc(-c4ccncc4)cc3)cc2)cc1. The standard InChI is InChI=1S/C41H29N3/c1-3-9-34(10-4-1)43(35-11-5-2-6-12-35)37-23-24-41-39(29-37)38-13-7-8-14-40(38)44(41)36-21-19-32(20-22-36)30-15-17-31(18-16-30)33-25-27-42-28-26-33/h1-29H. The van der Waals surface area contributed by atoms with E-state index in [1.807, 2.05) is 24.5 Å². The van der Waals surface area contributed by atoms with E-state index < -0.39 is 0 Å². The average Bonchev–Trinajstić information content (AvgIpc) is 3.44. The van der Waals surface area contributed by atoms with Crippen molar-refractivity contribution in [1.82, 2.24) is 9.55 Å². The third-order valence-electron chi connectivity index (χ3n) is 8.30. The highest BCUT2D eigenvalue weighted by Gasteiger charge is 2.17. The summed E-state index contributed by atoms with van der Waals surface area (Å²) in [5.41, 5.74) is 11.7. The lowest BCUT2D eigenvalue weighted by Gasteiger charge is -2.25. The molecule has 2 aromatic heterocycles. The predicted octanol–water partition coefficient (Wildman–Crippen LogP) is 11.0.